The molecule has 2 aromatic carbocycles. The first-order chi connectivity index (χ1) is 13.5. The van der Waals surface area contributed by atoms with E-state index in [4.69, 9.17) is 4.74 Å². The first-order valence-electron chi connectivity index (χ1n) is 9.51. The minimum Gasteiger partial charge on any atom is -0.481 e. The number of imide groups is 1. The molecule has 3 rings (SSSR count). The summed E-state index contributed by atoms with van der Waals surface area (Å²) in [6, 6.07) is 15.2. The summed E-state index contributed by atoms with van der Waals surface area (Å²) in [6.07, 6.45) is 3.25. The van der Waals surface area contributed by atoms with Crippen molar-refractivity contribution in [3.05, 3.63) is 65.7 Å². The third-order valence-electron chi connectivity index (χ3n) is 4.76. The summed E-state index contributed by atoms with van der Waals surface area (Å²) in [4.78, 5) is 36.4. The number of ketones is 1. The van der Waals surface area contributed by atoms with Crippen LogP contribution in [0, 0.1) is 0 Å². The van der Waals surface area contributed by atoms with Crippen LogP contribution >= 0.6 is 0 Å². The Morgan fingerprint density at radius 1 is 0.929 bits per heavy atom. The molecule has 0 radical (unpaired) electrons. The molecule has 0 saturated heterocycles. The third kappa shape index (κ3) is 5.19. The van der Waals surface area contributed by atoms with Crippen LogP contribution in [-0.2, 0) is 4.79 Å². The normalized spacial score (nSPS) is 14.9. The van der Waals surface area contributed by atoms with Crippen LogP contribution in [0.25, 0.3) is 0 Å². The zero-order valence-electron chi connectivity index (χ0n) is 15.8. The minimum absolute atomic E-state index is 0.0819. The maximum atomic E-state index is 12.4. The number of carbonyl (C=O) groups is 3. The van der Waals surface area contributed by atoms with Gasteiger partial charge in [-0.3, -0.25) is 14.9 Å². The van der Waals surface area contributed by atoms with Gasteiger partial charge in [0.15, 0.2) is 11.9 Å². The van der Waals surface area contributed by atoms with Gasteiger partial charge in [0.1, 0.15) is 5.75 Å². The maximum absolute atomic E-state index is 12.4. The second-order valence-corrected chi connectivity index (χ2v) is 6.92. The summed E-state index contributed by atoms with van der Waals surface area (Å²) in [7, 11) is 0. The maximum Gasteiger partial charge on any atom is 0.321 e. The number of ether oxygens (including phenoxy) is 1. The second-order valence-electron chi connectivity index (χ2n) is 6.92. The van der Waals surface area contributed by atoms with Crippen molar-refractivity contribution in [2.45, 2.75) is 44.8 Å². The predicted molar refractivity (Wildman–Crippen MR) is 105 cm³/mol. The quantitative estimate of drug-likeness (QED) is 0.752. The molecular weight excluding hydrogens is 356 g/mol. The highest BCUT2D eigenvalue weighted by Crippen LogP contribution is 2.18. The molecule has 1 fully saturated rings. The van der Waals surface area contributed by atoms with Gasteiger partial charge < -0.3 is 10.1 Å². The lowest BCUT2D eigenvalue weighted by atomic mass is 10.0. The van der Waals surface area contributed by atoms with Gasteiger partial charge in [-0.05, 0) is 44.0 Å². The fourth-order valence-corrected chi connectivity index (χ4v) is 3.20. The summed E-state index contributed by atoms with van der Waals surface area (Å²) in [6.45, 7) is 1.57. The Morgan fingerprint density at radius 2 is 1.54 bits per heavy atom. The van der Waals surface area contributed by atoms with E-state index >= 15 is 0 Å². The van der Waals surface area contributed by atoms with Crippen molar-refractivity contribution in [3.8, 4) is 5.75 Å². The second kappa shape index (κ2) is 9.17. The number of carbonyl (C=O) groups excluding carboxylic acids is 3. The van der Waals surface area contributed by atoms with Crippen molar-refractivity contribution in [1.82, 2.24) is 10.6 Å². The number of hydrogen-bond acceptors (Lipinski definition) is 4. The van der Waals surface area contributed by atoms with Crippen LogP contribution in [0.2, 0.25) is 0 Å². The van der Waals surface area contributed by atoms with E-state index in [9.17, 15) is 14.4 Å². The summed E-state index contributed by atoms with van der Waals surface area (Å²) >= 11 is 0. The Balaban J connectivity index is 1.52. The van der Waals surface area contributed by atoms with Crippen LogP contribution in [-0.4, -0.2) is 29.9 Å². The monoisotopic (exact) mass is 380 g/mol. The van der Waals surface area contributed by atoms with Crippen molar-refractivity contribution < 1.29 is 19.1 Å². The van der Waals surface area contributed by atoms with Gasteiger partial charge in [-0.1, -0.05) is 43.2 Å². The van der Waals surface area contributed by atoms with E-state index in [1.54, 1.807) is 43.3 Å². The molecular formula is C22H24N2O4. The van der Waals surface area contributed by atoms with Gasteiger partial charge in [0.05, 0.1) is 0 Å². The molecule has 1 aliphatic carbocycles. The van der Waals surface area contributed by atoms with Crippen LogP contribution in [0.1, 0.15) is 48.5 Å². The topological polar surface area (TPSA) is 84.5 Å². The van der Waals surface area contributed by atoms with Gasteiger partial charge in [-0.15, -0.1) is 0 Å². The largest absolute Gasteiger partial charge is 0.481 e. The van der Waals surface area contributed by atoms with E-state index in [0.29, 0.717) is 16.9 Å². The van der Waals surface area contributed by atoms with Crippen molar-refractivity contribution in [3.63, 3.8) is 0 Å². The molecule has 0 aliphatic heterocycles. The highest BCUT2D eigenvalue weighted by atomic mass is 16.5. The fourth-order valence-electron chi connectivity index (χ4n) is 3.20. The summed E-state index contributed by atoms with van der Waals surface area (Å²) in [5, 5.41) is 5.11. The number of rotatable bonds is 6. The number of benzene rings is 2. The van der Waals surface area contributed by atoms with Gasteiger partial charge in [-0.2, -0.15) is 0 Å². The molecule has 2 aromatic rings. The molecule has 3 amide bonds. The van der Waals surface area contributed by atoms with E-state index in [-0.39, 0.29) is 11.8 Å². The van der Waals surface area contributed by atoms with Crippen molar-refractivity contribution in [2.24, 2.45) is 0 Å². The SMILES string of the molecule is C[C@@H](Oc1ccc(C(=O)c2ccccc2)cc1)C(=O)NC(=O)NC1CCCC1. The minimum atomic E-state index is -0.843. The van der Waals surface area contributed by atoms with Crippen LogP contribution in [0.3, 0.4) is 0 Å². The molecule has 1 aliphatic rings. The lowest BCUT2D eigenvalue weighted by molar-refractivity contribution is -0.126. The molecule has 146 valence electrons. The molecule has 2 N–H and O–H groups in total. The van der Waals surface area contributed by atoms with Crippen LogP contribution < -0.4 is 15.4 Å². The van der Waals surface area contributed by atoms with Crippen LogP contribution in [0.15, 0.2) is 54.6 Å². The molecule has 6 nitrogen and oxygen atoms in total. The average Bonchev–Trinajstić information content (AvgIpc) is 3.21. The number of nitrogens with one attached hydrogen (secondary N) is 2. The Bertz CT molecular complexity index is 827. The van der Waals surface area contributed by atoms with E-state index in [1.165, 1.54) is 0 Å². The summed E-state index contributed by atoms with van der Waals surface area (Å²) < 4.78 is 5.58. The lowest BCUT2D eigenvalue weighted by Crippen LogP contribution is -2.47. The molecule has 1 atom stereocenters. The highest BCUT2D eigenvalue weighted by Gasteiger charge is 2.21. The number of urea groups is 1. The Hall–Kier alpha value is -3.15. The Morgan fingerprint density at radius 3 is 2.18 bits per heavy atom. The standard InChI is InChI=1S/C22H24N2O4/c1-15(21(26)24-22(27)23-18-9-5-6-10-18)28-19-13-11-17(12-14-19)20(25)16-7-3-2-4-8-16/h2-4,7-8,11-15,18H,5-6,9-10H2,1H3,(H2,23,24,26,27)/t15-/m1/s1. The fraction of sp³-hybridized carbons (Fsp3) is 0.318. The predicted octanol–water partition coefficient (Wildman–Crippen LogP) is 3.45. The lowest BCUT2D eigenvalue weighted by Gasteiger charge is -2.16. The van der Waals surface area contributed by atoms with Crippen molar-refractivity contribution in [2.75, 3.05) is 0 Å². The first kappa shape index (κ1) is 19.6. The smallest absolute Gasteiger partial charge is 0.321 e. The molecule has 28 heavy (non-hydrogen) atoms. The van der Waals surface area contributed by atoms with E-state index in [2.05, 4.69) is 10.6 Å². The van der Waals surface area contributed by atoms with Gasteiger partial charge in [0.25, 0.3) is 5.91 Å². The molecule has 0 heterocycles. The summed E-state index contributed by atoms with van der Waals surface area (Å²) in [5.74, 6) is -0.148. The molecule has 0 spiro atoms. The molecule has 0 unspecified atom stereocenters. The van der Waals surface area contributed by atoms with E-state index < -0.39 is 18.0 Å². The molecule has 1 saturated carbocycles. The first-order valence-corrected chi connectivity index (χ1v) is 9.51. The summed E-state index contributed by atoms with van der Waals surface area (Å²) in [5.41, 5.74) is 1.14. The van der Waals surface area contributed by atoms with Gasteiger partial charge in [-0.25, -0.2) is 4.79 Å². The number of amides is 3. The van der Waals surface area contributed by atoms with Crippen LogP contribution in [0.4, 0.5) is 4.79 Å². The molecule has 0 bridgehead atoms. The zero-order chi connectivity index (χ0) is 19.9. The van der Waals surface area contributed by atoms with Gasteiger partial charge in [0, 0.05) is 17.2 Å². The van der Waals surface area contributed by atoms with E-state index in [1.807, 2.05) is 18.2 Å². The number of hydrogen-bond donors (Lipinski definition) is 2. The van der Waals surface area contributed by atoms with Gasteiger partial charge >= 0.3 is 6.03 Å². The zero-order valence-corrected chi connectivity index (χ0v) is 15.8. The molecule has 6 heteroatoms. The Kier molecular flexibility index (Phi) is 6.42. The third-order valence-corrected chi connectivity index (χ3v) is 4.76. The Labute approximate surface area is 164 Å². The molecule has 0 aromatic heterocycles. The van der Waals surface area contributed by atoms with Gasteiger partial charge in [0.2, 0.25) is 0 Å². The van der Waals surface area contributed by atoms with Crippen molar-refractivity contribution >= 4 is 17.7 Å². The highest BCUT2D eigenvalue weighted by molar-refractivity contribution is 6.09. The van der Waals surface area contributed by atoms with E-state index in [0.717, 1.165) is 25.7 Å². The van der Waals surface area contributed by atoms with Crippen molar-refractivity contribution in [1.29, 1.82) is 0 Å². The van der Waals surface area contributed by atoms with Crippen LogP contribution in [0.5, 0.6) is 5.75 Å². The average molecular weight is 380 g/mol.